The van der Waals surface area contributed by atoms with E-state index < -0.39 is 11.9 Å². The number of fused-ring (bicyclic) bond motifs is 2. The second kappa shape index (κ2) is 6.20. The molecule has 1 aliphatic heterocycles. The van der Waals surface area contributed by atoms with Gasteiger partial charge in [0, 0.05) is 35.1 Å². The molecule has 0 amide bonds. The predicted octanol–water partition coefficient (Wildman–Crippen LogP) is 5.56. The molecule has 0 spiro atoms. The van der Waals surface area contributed by atoms with Gasteiger partial charge in [0.2, 0.25) is 0 Å². The van der Waals surface area contributed by atoms with Crippen molar-refractivity contribution in [3.8, 4) is 22.5 Å². The number of nitrogens with one attached hydrogen (secondary N) is 1. The van der Waals surface area contributed by atoms with Gasteiger partial charge in [-0.15, -0.1) is 0 Å². The zero-order valence-corrected chi connectivity index (χ0v) is 15.2. The van der Waals surface area contributed by atoms with Gasteiger partial charge in [0.15, 0.2) is 11.3 Å². The minimum absolute atomic E-state index is 0.356. The molecule has 4 nitrogen and oxygen atoms in total. The molecule has 0 unspecified atom stereocenters. The van der Waals surface area contributed by atoms with Crippen molar-refractivity contribution in [1.82, 2.24) is 14.4 Å². The fourth-order valence-corrected chi connectivity index (χ4v) is 3.65. The lowest BCUT2D eigenvalue weighted by Gasteiger charge is -2.10. The maximum atomic E-state index is 13.3. The minimum atomic E-state index is -4.54. The van der Waals surface area contributed by atoms with Gasteiger partial charge >= 0.3 is 6.18 Å². The Morgan fingerprint density at radius 3 is 2.59 bits per heavy atom. The van der Waals surface area contributed by atoms with E-state index in [0.717, 1.165) is 40.5 Å². The zero-order valence-electron chi connectivity index (χ0n) is 15.2. The van der Waals surface area contributed by atoms with E-state index in [9.17, 15) is 13.2 Å². The summed E-state index contributed by atoms with van der Waals surface area (Å²) < 4.78 is 41.3. The largest absolute Gasteiger partial charge is 0.434 e. The third-order valence-electron chi connectivity index (χ3n) is 4.94. The summed E-state index contributed by atoms with van der Waals surface area (Å²) in [6.07, 6.45) is -1.69. The quantitative estimate of drug-likeness (QED) is 0.485. The molecule has 0 radical (unpaired) electrons. The number of aromatic nitrogens is 3. The number of hydrogen-bond donors (Lipinski definition) is 1. The van der Waals surface area contributed by atoms with Crippen LogP contribution in [0.15, 0.2) is 73.2 Å². The Morgan fingerprint density at radius 1 is 1.03 bits per heavy atom. The molecule has 7 heteroatoms. The highest BCUT2D eigenvalue weighted by Gasteiger charge is 2.33. The van der Waals surface area contributed by atoms with Crippen LogP contribution in [0.3, 0.4) is 0 Å². The number of rotatable bonds is 2. The Balaban J connectivity index is 1.79. The zero-order chi connectivity index (χ0) is 20.2. The molecule has 1 aliphatic rings. The van der Waals surface area contributed by atoms with Gasteiger partial charge in [-0.05, 0) is 17.7 Å². The van der Waals surface area contributed by atoms with Crippen molar-refractivity contribution in [3.63, 3.8) is 0 Å². The molecule has 3 heterocycles. The summed E-state index contributed by atoms with van der Waals surface area (Å²) >= 11 is 0. The van der Waals surface area contributed by atoms with Crippen molar-refractivity contribution in [2.45, 2.75) is 12.6 Å². The summed E-state index contributed by atoms with van der Waals surface area (Å²) in [4.78, 5) is 8.15. The Kier molecular flexibility index (Phi) is 3.74. The minimum Gasteiger partial charge on any atom is -0.359 e. The Hall–Kier alpha value is -3.61. The van der Waals surface area contributed by atoms with E-state index in [4.69, 9.17) is 0 Å². The molecule has 0 bridgehead atoms. The van der Waals surface area contributed by atoms with Crippen LogP contribution >= 0.6 is 0 Å². The highest BCUT2D eigenvalue weighted by atomic mass is 19.4. The van der Waals surface area contributed by atoms with Gasteiger partial charge < -0.3 is 5.32 Å². The van der Waals surface area contributed by atoms with Crippen LogP contribution in [-0.2, 0) is 12.6 Å². The van der Waals surface area contributed by atoms with Crippen LogP contribution in [0.1, 0.15) is 11.3 Å². The summed E-state index contributed by atoms with van der Waals surface area (Å²) in [7, 11) is 0. The molecule has 2 aromatic carbocycles. The van der Waals surface area contributed by atoms with Gasteiger partial charge in [0.25, 0.3) is 0 Å². The van der Waals surface area contributed by atoms with Crippen LogP contribution in [0.25, 0.3) is 28.2 Å². The van der Waals surface area contributed by atoms with Crippen LogP contribution in [0.2, 0.25) is 0 Å². The van der Waals surface area contributed by atoms with Crippen LogP contribution in [0.4, 0.5) is 18.9 Å². The molecule has 2 aromatic heterocycles. The first-order valence-corrected chi connectivity index (χ1v) is 8.99. The van der Waals surface area contributed by atoms with Crippen LogP contribution < -0.4 is 5.32 Å². The van der Waals surface area contributed by atoms with Crippen molar-refractivity contribution in [2.24, 2.45) is 0 Å². The molecule has 144 valence electrons. The van der Waals surface area contributed by atoms with Crippen LogP contribution in [-0.4, -0.2) is 14.4 Å². The van der Waals surface area contributed by atoms with E-state index in [1.54, 1.807) is 0 Å². The van der Waals surface area contributed by atoms with Gasteiger partial charge in [-0.2, -0.15) is 13.2 Å². The number of benzene rings is 2. The fourth-order valence-electron chi connectivity index (χ4n) is 3.65. The Bertz CT molecular complexity index is 1260. The lowest BCUT2D eigenvalue weighted by Crippen LogP contribution is -2.09. The molecule has 1 N–H and O–H groups in total. The number of hydrogen-bond acceptors (Lipinski definition) is 3. The van der Waals surface area contributed by atoms with E-state index in [1.165, 1.54) is 4.40 Å². The van der Waals surface area contributed by atoms with Crippen molar-refractivity contribution >= 4 is 11.3 Å². The third-order valence-corrected chi connectivity index (χ3v) is 4.94. The highest BCUT2D eigenvalue weighted by Crippen LogP contribution is 2.37. The third kappa shape index (κ3) is 2.95. The average Bonchev–Trinajstić information content (AvgIpc) is 3.26. The van der Waals surface area contributed by atoms with E-state index in [1.807, 2.05) is 48.5 Å². The van der Waals surface area contributed by atoms with E-state index in [-0.39, 0.29) is 0 Å². The molecule has 4 aromatic rings. The molecule has 5 rings (SSSR count). The first-order valence-electron chi connectivity index (χ1n) is 8.99. The summed E-state index contributed by atoms with van der Waals surface area (Å²) in [5.41, 5.74) is 5.11. The second-order valence-corrected chi connectivity index (χ2v) is 6.95. The monoisotopic (exact) mass is 392 g/mol. The average molecular weight is 392 g/mol. The summed E-state index contributed by atoms with van der Waals surface area (Å²) in [6.45, 7) is 3.95. The predicted molar refractivity (Wildman–Crippen MR) is 105 cm³/mol. The molecule has 0 aliphatic carbocycles. The van der Waals surface area contributed by atoms with Gasteiger partial charge in [-0.25, -0.2) is 9.97 Å². The molecule has 0 fully saturated rings. The summed E-state index contributed by atoms with van der Waals surface area (Å²) in [6, 6.07) is 15.2. The molecule has 0 saturated carbocycles. The molecule has 29 heavy (non-hydrogen) atoms. The number of imidazole rings is 1. The Morgan fingerprint density at radius 2 is 1.83 bits per heavy atom. The Labute approximate surface area is 164 Å². The van der Waals surface area contributed by atoms with Crippen molar-refractivity contribution < 1.29 is 13.2 Å². The van der Waals surface area contributed by atoms with Crippen LogP contribution in [0.5, 0.6) is 0 Å². The second-order valence-electron chi connectivity index (χ2n) is 6.95. The smallest absolute Gasteiger partial charge is 0.359 e. The fraction of sp³-hybridized carbons (Fsp3) is 0.0909. The first-order chi connectivity index (χ1) is 13.9. The van der Waals surface area contributed by atoms with Crippen molar-refractivity contribution in [1.29, 1.82) is 0 Å². The van der Waals surface area contributed by atoms with Crippen molar-refractivity contribution in [2.75, 3.05) is 5.32 Å². The maximum Gasteiger partial charge on any atom is 0.434 e. The van der Waals surface area contributed by atoms with Gasteiger partial charge in [-0.3, -0.25) is 4.40 Å². The normalized spacial score (nSPS) is 13.6. The van der Waals surface area contributed by atoms with Crippen molar-refractivity contribution in [3.05, 3.63) is 84.5 Å². The first kappa shape index (κ1) is 17.5. The number of halogens is 3. The lowest BCUT2D eigenvalue weighted by atomic mass is 10.0. The number of alkyl halides is 3. The maximum absolute atomic E-state index is 13.3. The molecule has 0 saturated heterocycles. The van der Waals surface area contributed by atoms with E-state index in [0.29, 0.717) is 23.5 Å². The number of allylic oxidation sites excluding steroid dienone is 1. The van der Waals surface area contributed by atoms with E-state index >= 15 is 0 Å². The summed E-state index contributed by atoms with van der Waals surface area (Å²) in [5.74, 6) is 0. The number of anilines is 1. The topological polar surface area (TPSA) is 42.2 Å². The molecular weight excluding hydrogens is 377 g/mol. The highest BCUT2D eigenvalue weighted by molar-refractivity contribution is 5.83. The van der Waals surface area contributed by atoms with Gasteiger partial charge in [0.1, 0.15) is 0 Å². The van der Waals surface area contributed by atoms with Crippen LogP contribution in [0, 0.1) is 0 Å². The summed E-state index contributed by atoms with van der Waals surface area (Å²) in [5, 5.41) is 3.21. The molecular formula is C22H15F3N4. The number of nitrogens with zero attached hydrogens (tertiary/aromatic N) is 3. The van der Waals surface area contributed by atoms with E-state index in [2.05, 4.69) is 21.9 Å². The standard InChI is InChI=1S/C22H15F3N4/c1-13-9-16-10-15(7-8-17(16)27-13)21-20(14-5-3-2-4-6-14)28-19-11-26-18(12-29(19)21)22(23,24)25/h2-8,10-12,27H,1,9H2. The molecule has 0 atom stereocenters. The SMILES string of the molecule is C=C1Cc2cc(-c3c(-c4ccccc4)nc4cnc(C(F)(F)F)cn34)ccc2N1. The van der Waals surface area contributed by atoms with Gasteiger partial charge in [-0.1, -0.05) is 43.0 Å². The lowest BCUT2D eigenvalue weighted by molar-refractivity contribution is -0.141. The van der Waals surface area contributed by atoms with Gasteiger partial charge in [0.05, 0.1) is 17.6 Å².